The lowest BCUT2D eigenvalue weighted by Crippen LogP contribution is -2.23. The lowest BCUT2D eigenvalue weighted by Gasteiger charge is -2.02. The summed E-state index contributed by atoms with van der Waals surface area (Å²) in [7, 11) is 5.03. The highest BCUT2D eigenvalue weighted by molar-refractivity contribution is 9.09. The smallest absolute Gasteiger partial charge is 0.267 e. The summed E-state index contributed by atoms with van der Waals surface area (Å²) in [5, 5.41) is 0. The zero-order valence-electron chi connectivity index (χ0n) is 10.6. The fourth-order valence-electron chi connectivity index (χ4n) is 1.96. The minimum atomic E-state index is -0.200. The quantitative estimate of drug-likeness (QED) is 0.640. The van der Waals surface area contributed by atoms with Gasteiger partial charge >= 0.3 is 0 Å². The number of rotatable bonds is 4. The normalized spacial score (nSPS) is 11.6. The molecule has 18 heavy (non-hydrogen) atoms. The second-order valence-corrected chi connectivity index (χ2v) is 8.35. The first kappa shape index (κ1) is 13.9. The van der Waals surface area contributed by atoms with E-state index in [0.717, 1.165) is 17.1 Å². The number of aromatic nitrogens is 2. The molecule has 0 saturated heterocycles. The van der Waals surface area contributed by atoms with Crippen LogP contribution in [0.4, 0.5) is 0 Å². The predicted molar refractivity (Wildman–Crippen MR) is 81.2 cm³/mol. The molecular formula is C11H14N2O2S3. The number of hydrogen-bond donors (Lipinski definition) is 0. The van der Waals surface area contributed by atoms with Gasteiger partial charge in [0.1, 0.15) is 0 Å². The van der Waals surface area contributed by atoms with E-state index in [2.05, 4.69) is 0 Å². The highest BCUT2D eigenvalue weighted by Gasteiger charge is 2.19. The van der Waals surface area contributed by atoms with E-state index in [1.165, 1.54) is 4.52 Å². The molecule has 2 aromatic heterocycles. The molecule has 0 N–H and O–H groups in total. The summed E-state index contributed by atoms with van der Waals surface area (Å²) in [6.45, 7) is 5.43. The Morgan fingerprint density at radius 1 is 1.00 bits per heavy atom. The summed E-state index contributed by atoms with van der Waals surface area (Å²) in [4.78, 5) is 24.1. The van der Waals surface area contributed by atoms with Gasteiger partial charge in [0.25, 0.3) is 11.1 Å². The number of fused-ring (bicyclic) bond motifs is 1. The first-order chi connectivity index (χ1) is 8.50. The van der Waals surface area contributed by atoms with Gasteiger partial charge in [-0.25, -0.2) is 0 Å². The summed E-state index contributed by atoms with van der Waals surface area (Å²) < 4.78 is 3.02. The Bertz CT molecular complexity index is 690. The average molecular weight is 302 g/mol. The van der Waals surface area contributed by atoms with E-state index in [9.17, 15) is 9.59 Å². The minimum Gasteiger partial charge on any atom is -0.267 e. The van der Waals surface area contributed by atoms with Gasteiger partial charge in [0.05, 0.1) is 5.69 Å². The minimum absolute atomic E-state index is 0.194. The van der Waals surface area contributed by atoms with Crippen LogP contribution in [0.25, 0.3) is 0 Å². The molecule has 0 atom stereocenters. The Kier molecular flexibility index (Phi) is 4.03. The van der Waals surface area contributed by atoms with Crippen LogP contribution >= 0.6 is 31.4 Å². The fourth-order valence-corrected chi connectivity index (χ4v) is 4.62. The van der Waals surface area contributed by atoms with Crippen LogP contribution in [-0.4, -0.2) is 15.3 Å². The van der Waals surface area contributed by atoms with Crippen molar-refractivity contribution in [2.75, 3.05) is 6.26 Å². The van der Waals surface area contributed by atoms with Gasteiger partial charge in [-0.05, 0) is 36.9 Å². The third-order valence-electron chi connectivity index (χ3n) is 3.09. The molecule has 2 rings (SSSR count). The van der Waals surface area contributed by atoms with Gasteiger partial charge in [-0.15, -0.1) is 0 Å². The highest BCUT2D eigenvalue weighted by atomic mass is 33.5. The van der Waals surface area contributed by atoms with Crippen molar-refractivity contribution in [3.05, 3.63) is 43.2 Å². The monoisotopic (exact) mass is 302 g/mol. The largest absolute Gasteiger partial charge is 0.277 e. The van der Waals surface area contributed by atoms with E-state index in [4.69, 9.17) is 0 Å². The van der Waals surface area contributed by atoms with E-state index in [1.54, 1.807) is 49.8 Å². The third kappa shape index (κ3) is 1.98. The molecule has 0 aliphatic carbocycles. The number of hydrogen-bond acceptors (Lipinski definition) is 5. The van der Waals surface area contributed by atoms with Gasteiger partial charge < -0.3 is 0 Å². The molecule has 2 heterocycles. The molecule has 0 fully saturated rings. The van der Waals surface area contributed by atoms with Crippen molar-refractivity contribution in [2.24, 2.45) is 0 Å². The standard InChI is InChI=1S/C11H14N2O2S3/c1-6-8(3)12-9(5-17-18-16-4)7(2)11(15)13(12)10(6)14/h5H2,1-4H3. The first-order valence-electron chi connectivity index (χ1n) is 5.39. The van der Waals surface area contributed by atoms with Gasteiger partial charge in [-0.1, -0.05) is 21.6 Å². The maximum Gasteiger partial charge on any atom is 0.277 e. The first-order valence-corrected chi connectivity index (χ1v) is 9.45. The van der Waals surface area contributed by atoms with Crippen molar-refractivity contribution >= 4 is 31.4 Å². The third-order valence-corrected chi connectivity index (χ3v) is 6.85. The topological polar surface area (TPSA) is 43.0 Å². The molecule has 0 aliphatic heterocycles. The van der Waals surface area contributed by atoms with Crippen molar-refractivity contribution in [1.82, 2.24) is 9.03 Å². The fraction of sp³-hybridized carbons (Fsp3) is 0.455. The summed E-state index contributed by atoms with van der Waals surface area (Å²) in [5.74, 6) is 0.720. The SMILES string of the molecule is CSSSCc1c(C)c(=O)n2c(=O)c(C)c(C)n12. The molecule has 0 unspecified atom stereocenters. The van der Waals surface area contributed by atoms with Crippen LogP contribution in [0.5, 0.6) is 0 Å². The van der Waals surface area contributed by atoms with E-state index < -0.39 is 0 Å². The Labute approximate surface area is 116 Å². The highest BCUT2D eigenvalue weighted by Crippen LogP contribution is 2.35. The molecule has 0 saturated carbocycles. The van der Waals surface area contributed by atoms with Crippen LogP contribution in [0.15, 0.2) is 9.59 Å². The van der Waals surface area contributed by atoms with E-state index >= 15 is 0 Å². The Balaban J connectivity index is 2.66. The van der Waals surface area contributed by atoms with Gasteiger partial charge in [-0.2, -0.15) is 4.52 Å². The Morgan fingerprint density at radius 2 is 1.61 bits per heavy atom. The van der Waals surface area contributed by atoms with Crippen LogP contribution in [0.1, 0.15) is 22.5 Å². The molecule has 0 amide bonds. The second-order valence-electron chi connectivity index (χ2n) is 4.01. The maximum atomic E-state index is 12.1. The zero-order chi connectivity index (χ0) is 13.4. The summed E-state index contributed by atoms with van der Waals surface area (Å²) in [6.07, 6.45) is 2.01. The molecule has 0 bridgehead atoms. The zero-order valence-corrected chi connectivity index (χ0v) is 13.1. The molecule has 7 heteroatoms. The molecule has 0 aromatic carbocycles. The maximum absolute atomic E-state index is 12.1. The van der Waals surface area contributed by atoms with E-state index in [0.29, 0.717) is 11.1 Å². The molecule has 98 valence electrons. The molecule has 0 radical (unpaired) electrons. The summed E-state index contributed by atoms with van der Waals surface area (Å²) in [6, 6.07) is 0. The number of aryl methyl sites for hydroxylation is 1. The van der Waals surface area contributed by atoms with Crippen molar-refractivity contribution in [3.8, 4) is 0 Å². The van der Waals surface area contributed by atoms with Crippen molar-refractivity contribution in [2.45, 2.75) is 26.5 Å². The van der Waals surface area contributed by atoms with Crippen molar-refractivity contribution < 1.29 is 0 Å². The van der Waals surface area contributed by atoms with Crippen LogP contribution in [0, 0.1) is 20.8 Å². The van der Waals surface area contributed by atoms with Gasteiger partial charge in [-0.3, -0.25) is 14.1 Å². The van der Waals surface area contributed by atoms with Crippen LogP contribution in [-0.2, 0) is 5.75 Å². The lowest BCUT2D eigenvalue weighted by molar-refractivity contribution is 0.765. The molecule has 4 nitrogen and oxygen atoms in total. The molecule has 0 spiro atoms. The Morgan fingerprint density at radius 3 is 2.22 bits per heavy atom. The molecule has 2 aromatic rings. The van der Waals surface area contributed by atoms with Crippen molar-refractivity contribution in [1.29, 1.82) is 0 Å². The second kappa shape index (κ2) is 5.22. The van der Waals surface area contributed by atoms with E-state index in [1.807, 2.05) is 13.2 Å². The van der Waals surface area contributed by atoms with Crippen LogP contribution < -0.4 is 11.1 Å². The molecule has 0 aliphatic rings. The van der Waals surface area contributed by atoms with Crippen LogP contribution in [0.2, 0.25) is 0 Å². The van der Waals surface area contributed by atoms with Crippen LogP contribution in [0.3, 0.4) is 0 Å². The van der Waals surface area contributed by atoms with Gasteiger partial charge in [0.15, 0.2) is 0 Å². The van der Waals surface area contributed by atoms with E-state index in [-0.39, 0.29) is 11.1 Å². The van der Waals surface area contributed by atoms with Gasteiger partial charge in [0.2, 0.25) is 0 Å². The van der Waals surface area contributed by atoms with Gasteiger partial charge in [0, 0.05) is 22.6 Å². The van der Waals surface area contributed by atoms with Crippen molar-refractivity contribution in [3.63, 3.8) is 0 Å². The lowest BCUT2D eigenvalue weighted by atomic mass is 10.2. The number of nitrogens with zero attached hydrogens (tertiary/aromatic N) is 2. The molecular weight excluding hydrogens is 288 g/mol. The summed E-state index contributed by atoms with van der Waals surface area (Å²) in [5.41, 5.74) is 2.71. The Hall–Kier alpha value is -0.530. The predicted octanol–water partition coefficient (Wildman–Crippen LogP) is 2.28. The summed E-state index contributed by atoms with van der Waals surface area (Å²) >= 11 is 0. The average Bonchev–Trinajstić information content (AvgIpc) is 2.72.